The highest BCUT2D eigenvalue weighted by Gasteiger charge is 2.10. The molecule has 3 aromatic rings. The van der Waals surface area contributed by atoms with Gasteiger partial charge in [-0.2, -0.15) is 0 Å². The summed E-state index contributed by atoms with van der Waals surface area (Å²) < 4.78 is 7.71. The fraction of sp³-hybridized carbons (Fsp3) is 0.250. The van der Waals surface area contributed by atoms with Crippen LogP contribution < -0.4 is 5.56 Å². The summed E-state index contributed by atoms with van der Waals surface area (Å²) in [7, 11) is 0. The fourth-order valence-electron chi connectivity index (χ4n) is 2.23. The Hall–Kier alpha value is -1.54. The maximum atomic E-state index is 12.4. The largest absolute Gasteiger partial charge is 0.389 e. The molecule has 0 aliphatic rings. The number of halogens is 1. The van der Waals surface area contributed by atoms with Crippen molar-refractivity contribution in [1.29, 1.82) is 0 Å². The Morgan fingerprint density at radius 2 is 2.26 bits per heavy atom. The van der Waals surface area contributed by atoms with Gasteiger partial charge < -0.3 is 9.84 Å². The number of aliphatic hydroxyl groups excluding tert-OH is 1. The van der Waals surface area contributed by atoms with Crippen LogP contribution in [0.2, 0.25) is 0 Å². The molecule has 0 saturated carbocycles. The molecule has 23 heavy (non-hydrogen) atoms. The lowest BCUT2D eigenvalue weighted by Crippen LogP contribution is -2.29. The van der Waals surface area contributed by atoms with Gasteiger partial charge in [-0.25, -0.2) is 4.98 Å². The first-order valence-electron chi connectivity index (χ1n) is 7.06. The number of thiophene rings is 1. The quantitative estimate of drug-likeness (QED) is 0.697. The first-order chi connectivity index (χ1) is 11.1. The number of hydrogen-bond donors (Lipinski definition) is 1. The molecule has 2 heterocycles. The summed E-state index contributed by atoms with van der Waals surface area (Å²) in [6.07, 6.45) is 0.695. The van der Waals surface area contributed by atoms with Gasteiger partial charge in [0.05, 0.1) is 43.1 Å². The average Bonchev–Trinajstić information content (AvgIpc) is 3.04. The number of fused-ring (bicyclic) bond motifs is 1. The molecule has 0 unspecified atom stereocenters. The zero-order valence-electron chi connectivity index (χ0n) is 12.2. The minimum atomic E-state index is -0.765. The lowest BCUT2D eigenvalue weighted by molar-refractivity contribution is 0.0207. The Morgan fingerprint density at radius 1 is 1.39 bits per heavy atom. The first-order valence-corrected chi connectivity index (χ1v) is 8.73. The third kappa shape index (κ3) is 4.06. The molecule has 0 fully saturated rings. The van der Waals surface area contributed by atoms with Crippen molar-refractivity contribution in [2.45, 2.75) is 19.3 Å². The van der Waals surface area contributed by atoms with Gasteiger partial charge >= 0.3 is 0 Å². The lowest BCUT2D eigenvalue weighted by Gasteiger charge is -2.13. The van der Waals surface area contributed by atoms with Crippen LogP contribution in [0.15, 0.2) is 51.3 Å². The Morgan fingerprint density at radius 3 is 3.04 bits per heavy atom. The van der Waals surface area contributed by atoms with Crippen molar-refractivity contribution in [2.24, 2.45) is 0 Å². The van der Waals surface area contributed by atoms with Crippen molar-refractivity contribution < 1.29 is 9.84 Å². The Bertz CT molecular complexity index is 848. The van der Waals surface area contributed by atoms with Crippen molar-refractivity contribution in [2.75, 3.05) is 6.61 Å². The van der Waals surface area contributed by atoms with E-state index in [0.29, 0.717) is 17.5 Å². The number of rotatable bonds is 6. The second-order valence-electron chi connectivity index (χ2n) is 5.11. The maximum Gasteiger partial charge on any atom is 0.261 e. The number of ether oxygens (including phenoxy) is 1. The highest BCUT2D eigenvalue weighted by Crippen LogP contribution is 2.15. The van der Waals surface area contributed by atoms with Gasteiger partial charge in [-0.05, 0) is 29.6 Å². The molecular weight excluding hydrogens is 380 g/mol. The highest BCUT2D eigenvalue weighted by molar-refractivity contribution is 9.10. The van der Waals surface area contributed by atoms with Crippen molar-refractivity contribution in [3.05, 3.63) is 61.7 Å². The Balaban J connectivity index is 1.66. The van der Waals surface area contributed by atoms with Crippen molar-refractivity contribution in [1.82, 2.24) is 9.55 Å². The average molecular weight is 395 g/mol. The molecule has 0 aliphatic heterocycles. The highest BCUT2D eigenvalue weighted by atomic mass is 79.9. The molecule has 0 spiro atoms. The Kier molecular flexibility index (Phi) is 5.22. The monoisotopic (exact) mass is 394 g/mol. The van der Waals surface area contributed by atoms with E-state index in [9.17, 15) is 9.90 Å². The van der Waals surface area contributed by atoms with E-state index >= 15 is 0 Å². The van der Waals surface area contributed by atoms with Crippen LogP contribution >= 0.6 is 27.3 Å². The minimum absolute atomic E-state index is 0.152. The number of aliphatic hydroxyl groups is 1. The second kappa shape index (κ2) is 7.35. The van der Waals surface area contributed by atoms with Crippen LogP contribution in [-0.4, -0.2) is 27.4 Å². The molecule has 5 nitrogen and oxygen atoms in total. The van der Waals surface area contributed by atoms with E-state index in [-0.39, 0.29) is 18.7 Å². The van der Waals surface area contributed by atoms with E-state index in [1.54, 1.807) is 23.5 Å². The summed E-state index contributed by atoms with van der Waals surface area (Å²) in [5.41, 5.74) is 0.464. The van der Waals surface area contributed by atoms with E-state index in [2.05, 4.69) is 20.9 Å². The molecule has 1 N–H and O–H groups in total. The van der Waals surface area contributed by atoms with Crippen LogP contribution in [-0.2, 0) is 17.9 Å². The molecule has 0 radical (unpaired) electrons. The van der Waals surface area contributed by atoms with Gasteiger partial charge in [-0.1, -0.05) is 22.0 Å². The molecule has 120 valence electrons. The summed E-state index contributed by atoms with van der Waals surface area (Å²) >= 11 is 4.96. The predicted molar refractivity (Wildman–Crippen MR) is 93.7 cm³/mol. The summed E-state index contributed by atoms with van der Waals surface area (Å²) in [6.45, 7) is 0.784. The SMILES string of the molecule is O=c1c2cc(Br)ccc2ncn1C[C@H](O)COCc1cccs1. The van der Waals surface area contributed by atoms with Gasteiger partial charge in [0, 0.05) is 9.35 Å². The van der Waals surface area contributed by atoms with Gasteiger partial charge in [0.25, 0.3) is 5.56 Å². The van der Waals surface area contributed by atoms with E-state index in [1.807, 2.05) is 23.6 Å². The van der Waals surface area contributed by atoms with E-state index in [4.69, 9.17) is 4.74 Å². The molecular formula is C16H15BrN2O3S. The third-order valence-electron chi connectivity index (χ3n) is 3.33. The topological polar surface area (TPSA) is 64.4 Å². The molecule has 0 aliphatic carbocycles. The fourth-order valence-corrected chi connectivity index (χ4v) is 3.23. The van der Waals surface area contributed by atoms with Crippen molar-refractivity contribution in [3.63, 3.8) is 0 Å². The number of hydrogen-bond acceptors (Lipinski definition) is 5. The molecule has 1 aromatic carbocycles. The van der Waals surface area contributed by atoms with Gasteiger partial charge in [0.15, 0.2) is 0 Å². The summed E-state index contributed by atoms with van der Waals surface area (Å²) in [5, 5.41) is 12.6. The van der Waals surface area contributed by atoms with E-state index < -0.39 is 6.10 Å². The molecule has 0 amide bonds. The van der Waals surface area contributed by atoms with Crippen LogP contribution in [0.3, 0.4) is 0 Å². The minimum Gasteiger partial charge on any atom is -0.389 e. The molecule has 1 atom stereocenters. The second-order valence-corrected chi connectivity index (χ2v) is 7.06. The van der Waals surface area contributed by atoms with E-state index in [0.717, 1.165) is 9.35 Å². The normalized spacial score (nSPS) is 12.6. The predicted octanol–water partition coefficient (Wildman–Crippen LogP) is 2.80. The molecule has 0 bridgehead atoms. The van der Waals surface area contributed by atoms with E-state index in [1.165, 1.54) is 10.9 Å². The first kappa shape index (κ1) is 16.3. The number of benzene rings is 1. The third-order valence-corrected chi connectivity index (χ3v) is 4.67. The van der Waals surface area contributed by atoms with Crippen molar-refractivity contribution >= 4 is 38.2 Å². The maximum absolute atomic E-state index is 12.4. The number of nitrogens with zero attached hydrogens (tertiary/aromatic N) is 2. The molecule has 7 heteroatoms. The zero-order valence-corrected chi connectivity index (χ0v) is 14.6. The lowest BCUT2D eigenvalue weighted by atomic mass is 10.2. The van der Waals surface area contributed by atoms with Crippen LogP contribution in [0.1, 0.15) is 4.88 Å². The smallest absolute Gasteiger partial charge is 0.261 e. The molecule has 0 saturated heterocycles. The van der Waals surface area contributed by atoms with Crippen LogP contribution in [0.25, 0.3) is 10.9 Å². The molecule has 2 aromatic heterocycles. The van der Waals surface area contributed by atoms with Crippen molar-refractivity contribution in [3.8, 4) is 0 Å². The van der Waals surface area contributed by atoms with Gasteiger partial charge in [0.2, 0.25) is 0 Å². The van der Waals surface area contributed by atoms with Gasteiger partial charge in [-0.15, -0.1) is 11.3 Å². The molecule has 3 rings (SSSR count). The number of aromatic nitrogens is 2. The van der Waals surface area contributed by atoms with Crippen LogP contribution in [0.4, 0.5) is 0 Å². The summed E-state index contributed by atoms with van der Waals surface area (Å²) in [4.78, 5) is 17.8. The van der Waals surface area contributed by atoms with Crippen LogP contribution in [0.5, 0.6) is 0 Å². The van der Waals surface area contributed by atoms with Gasteiger partial charge in [-0.3, -0.25) is 9.36 Å². The zero-order chi connectivity index (χ0) is 16.2. The van der Waals surface area contributed by atoms with Crippen LogP contribution in [0, 0.1) is 0 Å². The summed E-state index contributed by atoms with van der Waals surface area (Å²) in [5.74, 6) is 0. The standard InChI is InChI=1S/C16H15BrN2O3S/c17-11-3-4-15-14(6-11)16(21)19(10-18-15)7-12(20)8-22-9-13-2-1-5-23-13/h1-6,10,12,20H,7-9H2/t12-/m0/s1. The Labute approximate surface area is 145 Å². The van der Waals surface area contributed by atoms with Gasteiger partial charge in [0.1, 0.15) is 0 Å². The summed E-state index contributed by atoms with van der Waals surface area (Å²) in [6, 6.07) is 9.30.